The molecule has 106 valence electrons. The molecule has 3 heterocycles. The highest BCUT2D eigenvalue weighted by Crippen LogP contribution is 2.24. The number of H-pyrrole nitrogens is 1. The maximum atomic E-state index is 12.2. The van der Waals surface area contributed by atoms with E-state index in [9.17, 15) is 4.79 Å². The van der Waals surface area contributed by atoms with Gasteiger partial charge in [-0.1, -0.05) is 17.6 Å². The Morgan fingerprint density at radius 3 is 2.95 bits per heavy atom. The van der Waals surface area contributed by atoms with Crippen molar-refractivity contribution in [1.29, 1.82) is 0 Å². The number of aromatic nitrogens is 2. The zero-order chi connectivity index (χ0) is 14.4. The van der Waals surface area contributed by atoms with Crippen LogP contribution in [0, 0.1) is 0 Å². The molecular formula is C15H16BN3O2. The lowest BCUT2D eigenvalue weighted by Gasteiger charge is -2.12. The fraction of sp³-hybridized carbons (Fsp3) is 0.333. The molecule has 1 aliphatic rings. The minimum absolute atomic E-state index is 0.192. The predicted octanol–water partition coefficient (Wildman–Crippen LogP) is 0.523. The highest BCUT2D eigenvalue weighted by atomic mass is 16.3. The summed E-state index contributed by atoms with van der Waals surface area (Å²) in [6.07, 6.45) is 2.45. The van der Waals surface area contributed by atoms with Gasteiger partial charge < -0.3 is 9.40 Å². The van der Waals surface area contributed by atoms with Crippen molar-refractivity contribution in [1.82, 2.24) is 14.9 Å². The monoisotopic (exact) mass is 281 g/mol. The number of furan rings is 1. The number of aromatic amines is 1. The first-order valence-corrected chi connectivity index (χ1v) is 7.35. The van der Waals surface area contributed by atoms with Crippen LogP contribution in [0.4, 0.5) is 0 Å². The average molecular weight is 281 g/mol. The summed E-state index contributed by atoms with van der Waals surface area (Å²) < 4.78 is 5.64. The Kier molecular flexibility index (Phi) is 2.85. The van der Waals surface area contributed by atoms with E-state index in [4.69, 9.17) is 4.42 Å². The van der Waals surface area contributed by atoms with Gasteiger partial charge in [0.2, 0.25) is 5.58 Å². The SMILES string of the molecule is Bc1ccc2oc3c(=O)[nH]c(CN4CCCC4)nc3c2c1. The molecule has 21 heavy (non-hydrogen) atoms. The van der Waals surface area contributed by atoms with E-state index in [1.165, 1.54) is 12.8 Å². The Labute approximate surface area is 122 Å². The van der Waals surface area contributed by atoms with Gasteiger partial charge in [0.1, 0.15) is 24.8 Å². The van der Waals surface area contributed by atoms with Crippen LogP contribution in [0.15, 0.2) is 27.4 Å². The predicted molar refractivity (Wildman–Crippen MR) is 84.8 cm³/mol. The second kappa shape index (κ2) is 4.74. The van der Waals surface area contributed by atoms with Crippen molar-refractivity contribution in [3.63, 3.8) is 0 Å². The maximum absolute atomic E-state index is 12.2. The third-order valence-electron chi connectivity index (χ3n) is 4.10. The van der Waals surface area contributed by atoms with Crippen LogP contribution in [-0.2, 0) is 6.54 Å². The highest BCUT2D eigenvalue weighted by molar-refractivity contribution is 6.33. The number of benzene rings is 1. The molecule has 5 nitrogen and oxygen atoms in total. The lowest BCUT2D eigenvalue weighted by molar-refractivity contribution is 0.322. The normalized spacial score (nSPS) is 16.2. The summed E-state index contributed by atoms with van der Waals surface area (Å²) in [6.45, 7) is 2.85. The molecule has 6 heteroatoms. The number of likely N-dealkylation sites (tertiary alicyclic amines) is 1. The summed E-state index contributed by atoms with van der Waals surface area (Å²) in [7, 11) is 2.02. The Balaban J connectivity index is 1.88. The minimum atomic E-state index is -0.192. The van der Waals surface area contributed by atoms with Crippen molar-refractivity contribution < 1.29 is 4.42 Å². The van der Waals surface area contributed by atoms with E-state index in [-0.39, 0.29) is 5.56 Å². The number of nitrogens with one attached hydrogen (secondary N) is 1. The number of nitrogens with zero attached hydrogens (tertiary/aromatic N) is 2. The van der Waals surface area contributed by atoms with Crippen LogP contribution in [0.1, 0.15) is 18.7 Å². The van der Waals surface area contributed by atoms with Crippen LogP contribution < -0.4 is 11.0 Å². The third-order valence-corrected chi connectivity index (χ3v) is 4.10. The second-order valence-corrected chi connectivity index (χ2v) is 5.78. The maximum Gasteiger partial charge on any atom is 0.294 e. The Morgan fingerprint density at radius 1 is 1.33 bits per heavy atom. The standard InChI is InChI=1S/C15H16BN3O2/c16-9-3-4-11-10(7-9)13-14(21-11)15(20)18-12(17-13)8-19-5-1-2-6-19/h3-4,7H,1-2,5-6,8,16H2,(H,17,18,20). The smallest absolute Gasteiger partial charge is 0.294 e. The van der Waals surface area contributed by atoms with Crippen LogP contribution >= 0.6 is 0 Å². The number of hydrogen-bond acceptors (Lipinski definition) is 4. The van der Waals surface area contributed by atoms with Crippen LogP contribution in [0.25, 0.3) is 22.1 Å². The molecular weight excluding hydrogens is 265 g/mol. The molecule has 0 radical (unpaired) electrons. The highest BCUT2D eigenvalue weighted by Gasteiger charge is 2.16. The van der Waals surface area contributed by atoms with Crippen molar-refractivity contribution in [3.05, 3.63) is 34.4 Å². The molecule has 0 aliphatic carbocycles. The molecule has 0 spiro atoms. The first-order valence-electron chi connectivity index (χ1n) is 7.35. The van der Waals surface area contributed by atoms with E-state index in [1.807, 2.05) is 26.0 Å². The molecule has 1 aromatic carbocycles. The summed E-state index contributed by atoms with van der Waals surface area (Å²) >= 11 is 0. The number of hydrogen-bond donors (Lipinski definition) is 1. The van der Waals surface area contributed by atoms with E-state index in [0.29, 0.717) is 23.2 Å². The molecule has 0 saturated carbocycles. The van der Waals surface area contributed by atoms with Crippen molar-refractivity contribution >= 4 is 35.4 Å². The molecule has 0 atom stereocenters. The molecule has 2 aromatic heterocycles. The molecule has 3 aromatic rings. The lowest BCUT2D eigenvalue weighted by Crippen LogP contribution is -2.22. The summed E-state index contributed by atoms with van der Waals surface area (Å²) in [6, 6.07) is 5.89. The summed E-state index contributed by atoms with van der Waals surface area (Å²) in [4.78, 5) is 22.0. The Bertz CT molecular complexity index is 878. The van der Waals surface area contributed by atoms with Gasteiger partial charge in [-0.2, -0.15) is 0 Å². The van der Waals surface area contributed by atoms with Gasteiger partial charge in [0.15, 0.2) is 0 Å². The van der Waals surface area contributed by atoms with Crippen molar-refractivity contribution in [2.45, 2.75) is 19.4 Å². The lowest BCUT2D eigenvalue weighted by atomic mass is 9.95. The molecule has 4 rings (SSSR count). The minimum Gasteiger partial charge on any atom is -0.449 e. The van der Waals surface area contributed by atoms with E-state index in [1.54, 1.807) is 0 Å². The van der Waals surface area contributed by atoms with Crippen molar-refractivity contribution in [2.24, 2.45) is 0 Å². The first-order chi connectivity index (χ1) is 10.2. The molecule has 1 saturated heterocycles. The van der Waals surface area contributed by atoms with Gasteiger partial charge in [-0.25, -0.2) is 4.98 Å². The molecule has 1 N–H and O–H groups in total. The first kappa shape index (κ1) is 12.6. The quantitative estimate of drug-likeness (QED) is 0.696. The van der Waals surface area contributed by atoms with E-state index >= 15 is 0 Å². The zero-order valence-corrected chi connectivity index (χ0v) is 12.0. The number of fused-ring (bicyclic) bond motifs is 3. The zero-order valence-electron chi connectivity index (χ0n) is 12.0. The molecule has 1 aliphatic heterocycles. The van der Waals surface area contributed by atoms with Gasteiger partial charge in [0.05, 0.1) is 6.54 Å². The van der Waals surface area contributed by atoms with Crippen molar-refractivity contribution in [2.75, 3.05) is 13.1 Å². The van der Waals surface area contributed by atoms with Crippen LogP contribution in [-0.4, -0.2) is 35.8 Å². The second-order valence-electron chi connectivity index (χ2n) is 5.78. The number of rotatable bonds is 2. The topological polar surface area (TPSA) is 62.1 Å². The average Bonchev–Trinajstić information content (AvgIpc) is 3.07. The Hall–Kier alpha value is -2.08. The van der Waals surface area contributed by atoms with Crippen molar-refractivity contribution in [3.8, 4) is 0 Å². The molecule has 1 fully saturated rings. The van der Waals surface area contributed by atoms with Crippen LogP contribution in [0.5, 0.6) is 0 Å². The largest absolute Gasteiger partial charge is 0.449 e. The summed E-state index contributed by atoms with van der Waals surface area (Å²) in [5.74, 6) is 0.721. The van der Waals surface area contributed by atoms with Crippen LogP contribution in [0.3, 0.4) is 0 Å². The molecule has 0 bridgehead atoms. The van der Waals surface area contributed by atoms with E-state index in [2.05, 4.69) is 14.9 Å². The Morgan fingerprint density at radius 2 is 2.14 bits per heavy atom. The van der Waals surface area contributed by atoms with Gasteiger partial charge in [0.25, 0.3) is 5.56 Å². The van der Waals surface area contributed by atoms with E-state index in [0.717, 1.165) is 29.8 Å². The fourth-order valence-corrected chi connectivity index (χ4v) is 3.04. The van der Waals surface area contributed by atoms with Gasteiger partial charge >= 0.3 is 0 Å². The summed E-state index contributed by atoms with van der Waals surface area (Å²) in [5, 5.41) is 0.916. The summed E-state index contributed by atoms with van der Waals surface area (Å²) in [5.41, 5.74) is 2.65. The fourth-order valence-electron chi connectivity index (χ4n) is 3.04. The molecule has 0 unspecified atom stereocenters. The van der Waals surface area contributed by atoms with Crippen LogP contribution in [0.2, 0.25) is 0 Å². The van der Waals surface area contributed by atoms with E-state index < -0.39 is 0 Å². The molecule has 0 amide bonds. The van der Waals surface area contributed by atoms with Gasteiger partial charge in [-0.3, -0.25) is 9.69 Å². The third kappa shape index (κ3) is 2.16. The van der Waals surface area contributed by atoms with Gasteiger partial charge in [-0.05, 0) is 32.0 Å². The van der Waals surface area contributed by atoms with Gasteiger partial charge in [-0.15, -0.1) is 0 Å². The van der Waals surface area contributed by atoms with Gasteiger partial charge in [0, 0.05) is 5.39 Å².